The number of hydrogen-bond donors (Lipinski definition) is 0. The first-order chi connectivity index (χ1) is 15.1. The van der Waals surface area contributed by atoms with Gasteiger partial charge in [-0.05, 0) is 24.6 Å². The van der Waals surface area contributed by atoms with Crippen LogP contribution in [0.2, 0.25) is 0 Å². The molecule has 3 nitrogen and oxygen atoms in total. The Hall–Kier alpha value is -3.42. The molecule has 1 aromatic heterocycles. The van der Waals surface area contributed by atoms with Crippen molar-refractivity contribution in [3.05, 3.63) is 109 Å². The second kappa shape index (κ2) is 7.68. The maximum atomic E-state index is 15.1. The number of aromatic nitrogens is 2. The van der Waals surface area contributed by atoms with E-state index in [1.54, 1.807) is 0 Å². The molecule has 0 spiro atoms. The molecular weight excluding hydrogens is 399 g/mol. The van der Waals surface area contributed by atoms with Crippen molar-refractivity contribution in [1.29, 1.82) is 0 Å². The van der Waals surface area contributed by atoms with Crippen LogP contribution in [0.15, 0.2) is 103 Å². The van der Waals surface area contributed by atoms with Crippen LogP contribution in [-0.2, 0) is 11.6 Å². The molecule has 0 aliphatic rings. The third-order valence-corrected chi connectivity index (χ3v) is 8.94. The summed E-state index contributed by atoms with van der Waals surface area (Å²) in [6.45, 7) is 2.07. The zero-order valence-corrected chi connectivity index (χ0v) is 18.5. The van der Waals surface area contributed by atoms with Crippen LogP contribution < -0.4 is 15.9 Å². The standard InChI is InChI=1S/C27H23N2OP/c1-20-12-11-19-25(26(20)27-28-23-17-9-10-18-24(23)29(27)2)31(30,21-13-5-3-6-14-21)22-15-7-4-8-16-22/h3-19H,1-2H3. The van der Waals surface area contributed by atoms with Gasteiger partial charge in [0.25, 0.3) is 0 Å². The van der Waals surface area contributed by atoms with Gasteiger partial charge >= 0.3 is 0 Å². The Labute approximate surface area is 182 Å². The topological polar surface area (TPSA) is 34.9 Å². The lowest BCUT2D eigenvalue weighted by Crippen LogP contribution is -2.27. The summed E-state index contributed by atoms with van der Waals surface area (Å²) in [7, 11) is -1.10. The van der Waals surface area contributed by atoms with Crippen LogP contribution in [0.5, 0.6) is 0 Å². The molecule has 1 heterocycles. The van der Waals surface area contributed by atoms with Crippen LogP contribution >= 0.6 is 7.14 Å². The molecule has 0 atom stereocenters. The molecule has 152 valence electrons. The van der Waals surface area contributed by atoms with E-state index in [1.165, 1.54) is 0 Å². The minimum Gasteiger partial charge on any atom is -0.327 e. The summed E-state index contributed by atoms with van der Waals surface area (Å²) in [5.74, 6) is 0.835. The first kappa shape index (κ1) is 19.5. The van der Waals surface area contributed by atoms with E-state index in [1.807, 2.05) is 98.0 Å². The van der Waals surface area contributed by atoms with Gasteiger partial charge in [0.15, 0.2) is 7.14 Å². The highest BCUT2D eigenvalue weighted by Crippen LogP contribution is 2.45. The number of fused-ring (bicyclic) bond motifs is 1. The molecular formula is C27H23N2OP. The van der Waals surface area contributed by atoms with Crippen molar-refractivity contribution in [2.24, 2.45) is 7.05 Å². The van der Waals surface area contributed by atoms with Gasteiger partial charge in [0.2, 0.25) is 0 Å². The summed E-state index contributed by atoms with van der Waals surface area (Å²) in [5.41, 5.74) is 3.99. The number of benzene rings is 4. The number of rotatable bonds is 4. The molecule has 0 unspecified atom stereocenters. The highest BCUT2D eigenvalue weighted by atomic mass is 31.2. The van der Waals surface area contributed by atoms with Crippen LogP contribution in [0.3, 0.4) is 0 Å². The SMILES string of the molecule is Cc1cccc(P(=O)(c2ccccc2)c2ccccc2)c1-c1nc2ccccc2n1C. The predicted molar refractivity (Wildman–Crippen MR) is 130 cm³/mol. The van der Waals surface area contributed by atoms with E-state index in [2.05, 4.69) is 23.6 Å². The Morgan fingerprint density at radius 1 is 0.710 bits per heavy atom. The molecule has 0 radical (unpaired) electrons. The summed E-state index contributed by atoms with van der Waals surface area (Å²) in [6.07, 6.45) is 0. The van der Waals surface area contributed by atoms with E-state index in [-0.39, 0.29) is 0 Å². The largest absolute Gasteiger partial charge is 0.327 e. The van der Waals surface area contributed by atoms with Crippen molar-refractivity contribution in [2.45, 2.75) is 6.92 Å². The summed E-state index contributed by atoms with van der Waals surface area (Å²) in [6, 6.07) is 33.8. The Balaban J connectivity index is 1.87. The quantitative estimate of drug-likeness (QED) is 0.374. The minimum atomic E-state index is -3.12. The van der Waals surface area contributed by atoms with Gasteiger partial charge < -0.3 is 9.13 Å². The van der Waals surface area contributed by atoms with Crippen molar-refractivity contribution < 1.29 is 4.57 Å². The normalized spacial score (nSPS) is 11.7. The number of nitrogens with zero attached hydrogens (tertiary/aromatic N) is 2. The molecule has 0 fully saturated rings. The third kappa shape index (κ3) is 3.13. The van der Waals surface area contributed by atoms with Crippen molar-refractivity contribution in [1.82, 2.24) is 9.55 Å². The number of imidazole rings is 1. The third-order valence-electron chi connectivity index (χ3n) is 5.84. The molecule has 0 bridgehead atoms. The van der Waals surface area contributed by atoms with Crippen LogP contribution in [-0.4, -0.2) is 9.55 Å². The van der Waals surface area contributed by atoms with Crippen LogP contribution in [0.4, 0.5) is 0 Å². The molecule has 5 rings (SSSR count). The smallest absolute Gasteiger partial charge is 0.171 e. The van der Waals surface area contributed by atoms with Crippen LogP contribution in [0.25, 0.3) is 22.4 Å². The van der Waals surface area contributed by atoms with Crippen molar-refractivity contribution >= 4 is 34.1 Å². The average Bonchev–Trinajstić information content (AvgIpc) is 3.16. The molecule has 0 N–H and O–H groups in total. The highest BCUT2D eigenvalue weighted by Gasteiger charge is 2.33. The van der Waals surface area contributed by atoms with Gasteiger partial charge in [-0.15, -0.1) is 0 Å². The fraction of sp³-hybridized carbons (Fsp3) is 0.0741. The zero-order chi connectivity index (χ0) is 21.4. The molecule has 0 amide bonds. The van der Waals surface area contributed by atoms with Crippen molar-refractivity contribution in [2.75, 3.05) is 0 Å². The molecule has 0 saturated heterocycles. The lowest BCUT2D eigenvalue weighted by molar-refractivity contribution is 0.592. The molecule has 4 aromatic carbocycles. The minimum absolute atomic E-state index is 0.823. The van der Waals surface area contributed by atoms with Gasteiger partial charge in [-0.2, -0.15) is 0 Å². The average molecular weight is 422 g/mol. The maximum Gasteiger partial charge on any atom is 0.171 e. The Bertz CT molecular complexity index is 1380. The number of para-hydroxylation sites is 2. The summed E-state index contributed by atoms with van der Waals surface area (Å²) < 4.78 is 17.2. The molecule has 0 aliphatic heterocycles. The van der Waals surface area contributed by atoms with Gasteiger partial charge in [0.05, 0.1) is 11.0 Å². The molecule has 4 heteroatoms. The summed E-state index contributed by atoms with van der Waals surface area (Å²) in [4.78, 5) is 4.95. The summed E-state index contributed by atoms with van der Waals surface area (Å²) in [5, 5.41) is 2.47. The zero-order valence-electron chi connectivity index (χ0n) is 17.6. The molecule has 31 heavy (non-hydrogen) atoms. The van der Waals surface area contributed by atoms with E-state index >= 15 is 4.57 Å². The fourth-order valence-corrected chi connectivity index (χ4v) is 7.20. The second-order valence-electron chi connectivity index (χ2n) is 7.73. The van der Waals surface area contributed by atoms with E-state index in [9.17, 15) is 0 Å². The first-order valence-electron chi connectivity index (χ1n) is 10.3. The number of hydrogen-bond acceptors (Lipinski definition) is 2. The second-order valence-corrected chi connectivity index (χ2v) is 10.5. The Morgan fingerprint density at radius 2 is 1.29 bits per heavy atom. The monoisotopic (exact) mass is 422 g/mol. The number of aryl methyl sites for hydroxylation is 2. The lowest BCUT2D eigenvalue weighted by atomic mass is 10.1. The lowest BCUT2D eigenvalue weighted by Gasteiger charge is -2.23. The van der Waals surface area contributed by atoms with Gasteiger partial charge in [0.1, 0.15) is 5.82 Å². The van der Waals surface area contributed by atoms with Gasteiger partial charge in [-0.3, -0.25) is 0 Å². The van der Waals surface area contributed by atoms with E-state index < -0.39 is 7.14 Å². The van der Waals surface area contributed by atoms with Crippen molar-refractivity contribution in [3.63, 3.8) is 0 Å². The molecule has 0 saturated carbocycles. The summed E-state index contributed by atoms with van der Waals surface area (Å²) >= 11 is 0. The van der Waals surface area contributed by atoms with Crippen molar-refractivity contribution in [3.8, 4) is 11.4 Å². The highest BCUT2D eigenvalue weighted by molar-refractivity contribution is 7.85. The molecule has 0 aliphatic carbocycles. The van der Waals surface area contributed by atoms with Gasteiger partial charge in [0, 0.05) is 28.5 Å². The van der Waals surface area contributed by atoms with E-state index in [0.717, 1.165) is 43.9 Å². The maximum absolute atomic E-state index is 15.1. The predicted octanol–water partition coefficient (Wildman–Crippen LogP) is 5.19. The van der Waals surface area contributed by atoms with E-state index in [4.69, 9.17) is 4.98 Å². The Kier molecular flexibility index (Phi) is 4.84. The van der Waals surface area contributed by atoms with Gasteiger partial charge in [-0.25, -0.2) is 4.98 Å². The van der Waals surface area contributed by atoms with E-state index in [0.29, 0.717) is 0 Å². The van der Waals surface area contributed by atoms with Crippen LogP contribution in [0.1, 0.15) is 5.56 Å². The van der Waals surface area contributed by atoms with Gasteiger partial charge in [-0.1, -0.05) is 91.0 Å². The Morgan fingerprint density at radius 3 is 1.90 bits per heavy atom. The fourth-order valence-electron chi connectivity index (χ4n) is 4.28. The first-order valence-corrected chi connectivity index (χ1v) is 12.0. The molecule has 5 aromatic rings. The van der Waals surface area contributed by atoms with Crippen LogP contribution in [0, 0.1) is 6.92 Å².